The van der Waals surface area contributed by atoms with E-state index in [1.54, 1.807) is 36.5 Å². The van der Waals surface area contributed by atoms with Crippen LogP contribution in [0, 0.1) is 13.8 Å². The molecule has 1 N–H and O–H groups in total. The van der Waals surface area contributed by atoms with E-state index in [2.05, 4.69) is 24.4 Å². The van der Waals surface area contributed by atoms with Gasteiger partial charge in [-0.15, -0.1) is 0 Å². The maximum atomic E-state index is 12.4. The van der Waals surface area contributed by atoms with E-state index in [-0.39, 0.29) is 12.5 Å². The molecule has 0 fully saturated rings. The first-order valence-corrected chi connectivity index (χ1v) is 13.0. The summed E-state index contributed by atoms with van der Waals surface area (Å²) in [5.74, 6) is 0.120. The van der Waals surface area contributed by atoms with Crippen molar-refractivity contribution in [1.29, 1.82) is 0 Å². The molecule has 0 unspecified atom stereocenters. The van der Waals surface area contributed by atoms with Crippen molar-refractivity contribution >= 4 is 27.8 Å². The Balaban J connectivity index is 1.67. The van der Waals surface area contributed by atoms with E-state index >= 15 is 0 Å². The zero-order valence-corrected chi connectivity index (χ0v) is 21.1. The summed E-state index contributed by atoms with van der Waals surface area (Å²) in [5, 5.41) is 4.04. The second-order valence-corrected chi connectivity index (χ2v) is 10.7. The minimum Gasteiger partial charge on any atom is -0.267 e. The summed E-state index contributed by atoms with van der Waals surface area (Å²) in [6.07, 6.45) is 2.79. The van der Waals surface area contributed by atoms with Crippen LogP contribution in [0.4, 0.5) is 5.69 Å². The smallest absolute Gasteiger partial charge is 0.267 e. The summed E-state index contributed by atoms with van der Waals surface area (Å²) < 4.78 is 26.2. The van der Waals surface area contributed by atoms with Crippen LogP contribution < -0.4 is 9.73 Å². The molecule has 0 bridgehead atoms. The fourth-order valence-electron chi connectivity index (χ4n) is 3.41. The molecule has 34 heavy (non-hydrogen) atoms. The van der Waals surface area contributed by atoms with Crippen molar-refractivity contribution in [2.75, 3.05) is 10.6 Å². The van der Waals surface area contributed by atoms with Gasteiger partial charge in [-0.05, 0) is 71.8 Å². The average Bonchev–Trinajstić information content (AvgIpc) is 2.79. The Morgan fingerprint density at radius 1 is 0.971 bits per heavy atom. The highest BCUT2D eigenvalue weighted by Crippen LogP contribution is 2.23. The van der Waals surface area contributed by atoms with E-state index in [9.17, 15) is 13.2 Å². The third-order valence-corrected chi connectivity index (χ3v) is 6.84. The minimum absolute atomic E-state index is 0.174. The molecule has 0 aliphatic heterocycles. The molecule has 0 aliphatic carbocycles. The number of hydrogen-bond donors (Lipinski definition) is 1. The summed E-state index contributed by atoms with van der Waals surface area (Å²) in [6.45, 7) is 8.39. The largest absolute Gasteiger partial charge is 0.271 e. The number of hydrazone groups is 1. The van der Waals surface area contributed by atoms with E-state index in [1.807, 2.05) is 50.2 Å². The molecule has 1 amide bonds. The highest BCUT2D eigenvalue weighted by Gasteiger charge is 2.18. The van der Waals surface area contributed by atoms with Crippen LogP contribution in [0.5, 0.6) is 0 Å². The van der Waals surface area contributed by atoms with Gasteiger partial charge in [0, 0.05) is 5.56 Å². The molecule has 0 aromatic heterocycles. The van der Waals surface area contributed by atoms with Crippen molar-refractivity contribution in [3.63, 3.8) is 0 Å². The van der Waals surface area contributed by atoms with Crippen molar-refractivity contribution in [3.8, 4) is 0 Å². The lowest BCUT2D eigenvalue weighted by atomic mass is 10.0. The Morgan fingerprint density at radius 2 is 1.62 bits per heavy atom. The number of benzene rings is 3. The highest BCUT2D eigenvalue weighted by atomic mass is 32.2. The maximum Gasteiger partial charge on any atom is 0.271 e. The first kappa shape index (κ1) is 25.2. The predicted octanol–water partition coefficient (Wildman–Crippen LogP) is 5.16. The van der Waals surface area contributed by atoms with Crippen LogP contribution in [-0.4, -0.2) is 26.8 Å². The third kappa shape index (κ3) is 6.54. The Labute approximate surface area is 202 Å². The molecule has 7 heteroatoms. The van der Waals surface area contributed by atoms with Crippen LogP contribution in [-0.2, 0) is 16.6 Å². The highest BCUT2D eigenvalue weighted by molar-refractivity contribution is 7.92. The molecule has 3 aromatic rings. The number of sulfonamides is 1. The van der Waals surface area contributed by atoms with Gasteiger partial charge in [0.15, 0.2) is 0 Å². The molecule has 3 rings (SSSR count). The molecule has 0 atom stereocenters. The molecule has 3 aromatic carbocycles. The zero-order valence-electron chi connectivity index (χ0n) is 20.2. The van der Waals surface area contributed by atoms with E-state index in [0.717, 1.165) is 22.3 Å². The second kappa shape index (κ2) is 10.7. The van der Waals surface area contributed by atoms with Crippen molar-refractivity contribution in [3.05, 3.63) is 100 Å². The molecule has 0 radical (unpaired) electrons. The lowest BCUT2D eigenvalue weighted by Gasteiger charge is -2.23. The number of nitrogens with one attached hydrogen (secondary N) is 1. The zero-order chi connectivity index (χ0) is 24.9. The van der Waals surface area contributed by atoms with Crippen LogP contribution in [0.2, 0.25) is 0 Å². The van der Waals surface area contributed by atoms with Crippen LogP contribution in [0.3, 0.4) is 0 Å². The van der Waals surface area contributed by atoms with Crippen molar-refractivity contribution in [2.45, 2.75) is 40.2 Å². The molecule has 6 nitrogen and oxygen atoms in total. The van der Waals surface area contributed by atoms with Crippen LogP contribution in [0.1, 0.15) is 57.9 Å². The van der Waals surface area contributed by atoms with Gasteiger partial charge in [0.25, 0.3) is 5.91 Å². The molecule has 0 saturated heterocycles. The van der Waals surface area contributed by atoms with Gasteiger partial charge in [0.1, 0.15) is 0 Å². The quantitative estimate of drug-likeness (QED) is 0.360. The van der Waals surface area contributed by atoms with E-state index in [1.165, 1.54) is 16.1 Å². The van der Waals surface area contributed by atoms with Gasteiger partial charge >= 0.3 is 0 Å². The predicted molar refractivity (Wildman–Crippen MR) is 139 cm³/mol. The number of hydrogen-bond acceptors (Lipinski definition) is 4. The van der Waals surface area contributed by atoms with Gasteiger partial charge < -0.3 is 0 Å². The topological polar surface area (TPSA) is 78.8 Å². The van der Waals surface area contributed by atoms with E-state index in [4.69, 9.17) is 0 Å². The number of amides is 1. The van der Waals surface area contributed by atoms with Gasteiger partial charge in [0.2, 0.25) is 10.0 Å². The molecule has 0 saturated carbocycles. The lowest BCUT2D eigenvalue weighted by Crippen LogP contribution is -2.29. The van der Waals surface area contributed by atoms with Crippen molar-refractivity contribution in [1.82, 2.24) is 5.43 Å². The number of rotatable bonds is 8. The van der Waals surface area contributed by atoms with E-state index < -0.39 is 10.0 Å². The monoisotopic (exact) mass is 477 g/mol. The summed E-state index contributed by atoms with van der Waals surface area (Å²) >= 11 is 0. The summed E-state index contributed by atoms with van der Waals surface area (Å²) in [4.78, 5) is 12.4. The average molecular weight is 478 g/mol. The van der Waals surface area contributed by atoms with Gasteiger partial charge in [-0.2, -0.15) is 5.10 Å². The molecular weight excluding hydrogens is 446 g/mol. The fraction of sp³-hybridized carbons (Fsp3) is 0.259. The standard InChI is InChI=1S/C27H31N3O3S/c1-19(2)24-11-7-22(8-12-24)17-28-29-27(31)25-13-9-23(10-14-25)18-30(34(5,32)33)26-15-6-20(3)21(4)16-26/h6-17,19H,18H2,1-5H3,(H,29,31)/b28-17-. The summed E-state index contributed by atoms with van der Waals surface area (Å²) in [7, 11) is -3.48. The second-order valence-electron chi connectivity index (χ2n) is 8.76. The summed E-state index contributed by atoms with van der Waals surface area (Å²) in [5.41, 5.74) is 8.62. The number of carbonyl (C=O) groups excluding carboxylic acids is 1. The van der Waals surface area contributed by atoms with Gasteiger partial charge in [-0.25, -0.2) is 13.8 Å². The van der Waals surface area contributed by atoms with Gasteiger partial charge in [-0.1, -0.05) is 56.3 Å². The molecule has 0 heterocycles. The third-order valence-electron chi connectivity index (χ3n) is 5.70. The van der Waals surface area contributed by atoms with Gasteiger partial charge in [0.05, 0.1) is 24.7 Å². The number of carbonyl (C=O) groups is 1. The van der Waals surface area contributed by atoms with E-state index in [0.29, 0.717) is 17.2 Å². The molecular formula is C27H31N3O3S. The maximum absolute atomic E-state index is 12.4. The van der Waals surface area contributed by atoms with Crippen LogP contribution in [0.25, 0.3) is 0 Å². The first-order valence-electron chi connectivity index (χ1n) is 11.1. The van der Waals surface area contributed by atoms with Gasteiger partial charge in [-0.3, -0.25) is 9.10 Å². The Bertz CT molecular complexity index is 1280. The lowest BCUT2D eigenvalue weighted by molar-refractivity contribution is 0.0955. The van der Waals surface area contributed by atoms with Crippen LogP contribution in [0.15, 0.2) is 71.8 Å². The number of aryl methyl sites for hydroxylation is 2. The molecule has 0 spiro atoms. The fourth-order valence-corrected chi connectivity index (χ4v) is 4.29. The molecule has 178 valence electrons. The minimum atomic E-state index is -3.48. The van der Waals surface area contributed by atoms with Crippen molar-refractivity contribution < 1.29 is 13.2 Å². The molecule has 0 aliphatic rings. The SMILES string of the molecule is Cc1ccc(N(Cc2ccc(C(=O)N/N=C\c3ccc(C(C)C)cc3)cc2)S(C)(=O)=O)cc1C. The van der Waals surface area contributed by atoms with Crippen LogP contribution >= 0.6 is 0 Å². The summed E-state index contributed by atoms with van der Waals surface area (Å²) in [6, 6.07) is 20.4. The Morgan fingerprint density at radius 3 is 2.18 bits per heavy atom. The Kier molecular flexibility index (Phi) is 7.89. The number of nitrogens with zero attached hydrogens (tertiary/aromatic N) is 2. The number of anilines is 1. The first-order chi connectivity index (χ1) is 16.0. The van der Waals surface area contributed by atoms with Crippen molar-refractivity contribution in [2.24, 2.45) is 5.10 Å². The normalized spacial score (nSPS) is 11.7. The Hall–Kier alpha value is -3.45.